The van der Waals surface area contributed by atoms with E-state index < -0.39 is 36.3 Å². The molecule has 8 nitrogen and oxygen atoms in total. The molecule has 12 heteroatoms. The first-order valence-corrected chi connectivity index (χ1v) is 26.1. The number of hydrogen-bond acceptors (Lipinski definition) is 7. The molecule has 2 unspecified atom stereocenters. The summed E-state index contributed by atoms with van der Waals surface area (Å²) in [6.07, 6.45) is 3.87. The minimum absolute atomic E-state index is 0.126. The Hall–Kier alpha value is -1.66. The zero-order valence-corrected chi connectivity index (χ0v) is 37.8. The summed E-state index contributed by atoms with van der Waals surface area (Å²) in [6.45, 7) is 29.2. The number of nitrogens with zero attached hydrogens (tertiary/aromatic N) is 4. The second kappa shape index (κ2) is 14.5. The summed E-state index contributed by atoms with van der Waals surface area (Å²) in [7, 11) is -3.82. The Kier molecular flexibility index (Phi) is 11.5. The SMILES string of the molecule is CC(C)(C)[S+]([O-])NC(I)(c1cccc(-c2ccc3cnn(-c4cccc(CO[Si](C)(C)C(C)(C)C)n4)c3c2)n1)C1CC(O[Si](C)(C)C(C)(C)C)C1. The van der Waals surface area contributed by atoms with E-state index in [1.165, 1.54) is 0 Å². The Labute approximate surface area is 325 Å². The number of benzene rings is 1. The molecule has 0 bridgehead atoms. The first-order valence-electron chi connectivity index (χ1n) is 18.0. The minimum Gasteiger partial charge on any atom is -0.598 e. The lowest BCUT2D eigenvalue weighted by molar-refractivity contribution is 0.0325. The molecule has 1 N–H and O–H groups in total. The summed E-state index contributed by atoms with van der Waals surface area (Å²) < 4.78 is 31.3. The maximum Gasteiger partial charge on any atom is 0.192 e. The van der Waals surface area contributed by atoms with Crippen molar-refractivity contribution in [2.24, 2.45) is 5.92 Å². The number of pyridine rings is 2. The zero-order chi connectivity index (χ0) is 37.8. The van der Waals surface area contributed by atoms with Crippen LogP contribution >= 0.6 is 22.6 Å². The molecule has 2 atom stereocenters. The van der Waals surface area contributed by atoms with Gasteiger partial charge in [0.2, 0.25) is 0 Å². The molecule has 0 spiro atoms. The van der Waals surface area contributed by atoms with Gasteiger partial charge in [-0.1, -0.05) is 65.8 Å². The van der Waals surface area contributed by atoms with Crippen molar-refractivity contribution >= 4 is 61.5 Å². The lowest BCUT2D eigenvalue weighted by atomic mass is 9.76. The highest BCUT2D eigenvalue weighted by atomic mass is 127. The van der Waals surface area contributed by atoms with Crippen LogP contribution < -0.4 is 4.72 Å². The van der Waals surface area contributed by atoms with E-state index >= 15 is 0 Å². The van der Waals surface area contributed by atoms with E-state index in [9.17, 15) is 4.55 Å². The fraction of sp³-hybridized carbons (Fsp3) is 0.564. The number of rotatable bonds is 11. The molecule has 5 rings (SSSR count). The molecule has 1 aliphatic rings. The molecular weight excluding hydrogens is 802 g/mol. The normalized spacial score (nSPS) is 19.5. The van der Waals surface area contributed by atoms with Crippen molar-refractivity contribution < 1.29 is 13.4 Å². The summed E-state index contributed by atoms with van der Waals surface area (Å²) in [5, 5.41) is 6.03. The fourth-order valence-electron chi connectivity index (χ4n) is 5.51. The molecule has 1 aliphatic carbocycles. The van der Waals surface area contributed by atoms with Crippen LogP contribution in [0.4, 0.5) is 0 Å². The number of fused-ring (bicyclic) bond motifs is 1. The fourth-order valence-corrected chi connectivity index (χ4v) is 10.1. The van der Waals surface area contributed by atoms with E-state index in [0.29, 0.717) is 6.61 Å². The van der Waals surface area contributed by atoms with Gasteiger partial charge in [0.15, 0.2) is 26.0 Å². The van der Waals surface area contributed by atoms with Gasteiger partial charge in [0, 0.05) is 34.3 Å². The summed E-state index contributed by atoms with van der Waals surface area (Å²) in [4.78, 5) is 10.2. The van der Waals surface area contributed by atoms with Gasteiger partial charge in [-0.3, -0.25) is 0 Å². The van der Waals surface area contributed by atoms with Crippen LogP contribution in [0, 0.1) is 5.92 Å². The predicted molar refractivity (Wildman–Crippen MR) is 226 cm³/mol. The molecule has 1 fully saturated rings. The van der Waals surface area contributed by atoms with Crippen molar-refractivity contribution in [3.63, 3.8) is 0 Å². The number of nitrogens with one attached hydrogen (secondary N) is 1. The number of halogens is 1. The Morgan fingerprint density at radius 3 is 2.16 bits per heavy atom. The monoisotopic (exact) mass is 859 g/mol. The number of hydrogen-bond donors (Lipinski definition) is 1. The summed E-state index contributed by atoms with van der Waals surface area (Å²) in [5.74, 6) is 0.963. The van der Waals surface area contributed by atoms with Gasteiger partial charge in [0.1, 0.15) is 4.75 Å². The summed E-state index contributed by atoms with van der Waals surface area (Å²) in [5.41, 5.74) is 4.54. The van der Waals surface area contributed by atoms with Crippen molar-refractivity contribution in [2.45, 2.75) is 132 Å². The first kappa shape index (κ1) is 40.5. The molecule has 51 heavy (non-hydrogen) atoms. The van der Waals surface area contributed by atoms with Gasteiger partial charge >= 0.3 is 0 Å². The highest BCUT2D eigenvalue weighted by molar-refractivity contribution is 14.1. The van der Waals surface area contributed by atoms with Gasteiger partial charge in [0.05, 0.1) is 35.4 Å². The molecule has 3 aromatic heterocycles. The van der Waals surface area contributed by atoms with Crippen LogP contribution in [0.1, 0.15) is 86.5 Å². The molecular formula is C39H58IN5O3SSi2. The molecule has 0 radical (unpaired) electrons. The van der Waals surface area contributed by atoms with E-state index in [1.54, 1.807) is 0 Å². The third kappa shape index (κ3) is 8.85. The highest BCUT2D eigenvalue weighted by Gasteiger charge is 2.53. The van der Waals surface area contributed by atoms with Crippen LogP contribution in [0.15, 0.2) is 60.8 Å². The quantitative estimate of drug-likeness (QED) is 0.0527. The van der Waals surface area contributed by atoms with Crippen LogP contribution in [0.5, 0.6) is 0 Å². The number of aromatic nitrogens is 4. The van der Waals surface area contributed by atoms with Crippen molar-refractivity contribution in [3.8, 4) is 17.1 Å². The molecule has 278 valence electrons. The number of alkyl halides is 1. The van der Waals surface area contributed by atoms with Crippen molar-refractivity contribution in [3.05, 3.63) is 72.2 Å². The largest absolute Gasteiger partial charge is 0.598 e. The highest BCUT2D eigenvalue weighted by Crippen LogP contribution is 2.51. The second-order valence-corrected chi connectivity index (χ2v) is 31.4. The van der Waals surface area contributed by atoms with Gasteiger partial charge in [-0.25, -0.2) is 14.6 Å². The minimum atomic E-state index is -1.92. The first-order chi connectivity index (χ1) is 23.4. The summed E-state index contributed by atoms with van der Waals surface area (Å²) in [6, 6.07) is 18.5. The van der Waals surface area contributed by atoms with Gasteiger partial charge in [0.25, 0.3) is 0 Å². The zero-order valence-electron chi connectivity index (χ0n) is 32.8. The molecule has 0 saturated heterocycles. The van der Waals surface area contributed by atoms with Gasteiger partial charge < -0.3 is 13.4 Å². The second-order valence-electron chi connectivity index (χ2n) is 18.1. The molecule has 0 amide bonds. The lowest BCUT2D eigenvalue weighted by Gasteiger charge is -2.49. The Bertz CT molecular complexity index is 1840. The van der Waals surface area contributed by atoms with Gasteiger partial charge in [-0.05, 0) is 123 Å². The molecule has 1 aromatic carbocycles. The Balaban J connectivity index is 1.44. The van der Waals surface area contributed by atoms with E-state index in [-0.39, 0.29) is 22.1 Å². The standard InChI is InChI=1S/C39H58IN5O3SSi2/c1-36(2,3)49(46)44-39(40,29-23-31(24-29)48-51(12,13)38(7,8)9)34-18-15-17-32(43-34)27-20-21-28-25-41-45(33(28)22-27)35-19-14-16-30(42-35)26-47-50(10,11)37(4,5)6/h14-22,25,29,31,44H,23-24,26H2,1-13H3. The van der Waals surface area contributed by atoms with Crippen LogP contribution in [-0.2, 0) is 30.4 Å². The molecule has 1 saturated carbocycles. The average Bonchev–Trinajstić information content (AvgIpc) is 3.43. The maximum atomic E-state index is 13.7. The van der Waals surface area contributed by atoms with Gasteiger partial charge in [-0.2, -0.15) is 5.10 Å². The van der Waals surface area contributed by atoms with Crippen molar-refractivity contribution in [2.75, 3.05) is 0 Å². The smallest absolute Gasteiger partial charge is 0.192 e. The topological polar surface area (TPSA) is 97.2 Å². The van der Waals surface area contributed by atoms with Crippen molar-refractivity contribution in [1.82, 2.24) is 24.5 Å². The van der Waals surface area contributed by atoms with E-state index in [4.69, 9.17) is 23.9 Å². The van der Waals surface area contributed by atoms with Crippen LogP contribution in [0.3, 0.4) is 0 Å². The maximum absolute atomic E-state index is 13.7. The van der Waals surface area contributed by atoms with Gasteiger partial charge in [-0.15, -0.1) is 4.72 Å². The average molecular weight is 860 g/mol. The van der Waals surface area contributed by atoms with Crippen LogP contribution in [-0.4, -0.2) is 51.8 Å². The van der Waals surface area contributed by atoms with Crippen LogP contribution in [0.25, 0.3) is 28.0 Å². The third-order valence-corrected chi connectivity index (χ3v) is 23.8. The molecule has 0 aliphatic heterocycles. The summed E-state index contributed by atoms with van der Waals surface area (Å²) >= 11 is 1.18. The third-order valence-electron chi connectivity index (χ3n) is 11.1. The van der Waals surface area contributed by atoms with Crippen molar-refractivity contribution in [1.29, 1.82) is 0 Å². The molecule has 3 heterocycles. The lowest BCUT2D eigenvalue weighted by Crippen LogP contribution is -2.57. The van der Waals surface area contributed by atoms with Crippen LogP contribution in [0.2, 0.25) is 36.3 Å². The predicted octanol–water partition coefficient (Wildman–Crippen LogP) is 10.4. The van der Waals surface area contributed by atoms with E-state index in [2.05, 4.69) is 125 Å². The van der Waals surface area contributed by atoms with E-state index in [1.807, 2.05) is 55.9 Å². The Morgan fingerprint density at radius 1 is 0.882 bits per heavy atom. The van der Waals surface area contributed by atoms with E-state index in [0.717, 1.165) is 52.2 Å². The Morgan fingerprint density at radius 2 is 1.53 bits per heavy atom. The molecule has 4 aromatic rings.